The Hall–Kier alpha value is -3.53. The van der Waals surface area contributed by atoms with Crippen molar-refractivity contribution in [1.29, 1.82) is 0 Å². The number of benzene rings is 2. The summed E-state index contributed by atoms with van der Waals surface area (Å²) in [4.78, 5) is 41.3. The van der Waals surface area contributed by atoms with Gasteiger partial charge >= 0.3 is 5.97 Å². The van der Waals surface area contributed by atoms with Crippen molar-refractivity contribution in [2.75, 3.05) is 24.5 Å². The van der Waals surface area contributed by atoms with E-state index in [-0.39, 0.29) is 24.2 Å². The van der Waals surface area contributed by atoms with Gasteiger partial charge in [-0.15, -0.1) is 0 Å². The number of nitrogens with zero attached hydrogens (tertiary/aromatic N) is 2. The number of esters is 1. The number of thioether (sulfide) groups is 1. The van der Waals surface area contributed by atoms with E-state index in [1.807, 2.05) is 17.6 Å². The lowest BCUT2D eigenvalue weighted by Gasteiger charge is -2.11. The molecule has 0 aliphatic carbocycles. The minimum absolute atomic E-state index is 0.0745. The van der Waals surface area contributed by atoms with Crippen molar-refractivity contribution >= 4 is 46.1 Å². The molecule has 4 rings (SSSR count). The number of carbonyl (C=O) groups is 3. The molecule has 2 heterocycles. The number of fused-ring (bicyclic) bond motifs is 2. The molecule has 10 heteroatoms. The lowest BCUT2D eigenvalue weighted by Crippen LogP contribution is -2.16. The number of nitrogens with one attached hydrogen (secondary N) is 1. The third kappa shape index (κ3) is 4.65. The standard InChI is InChI=1S/C23H23N3O6S/c1-4-26-18-7-6-14(22(29)30-5-2)8-17(18)25-23(26)33-11-21(28)24-16-10-20-19(31-12-32-20)9-15(16)13(3)27/h6-10H,4-5,11-12H2,1-3H3,(H,24,28). The Labute approximate surface area is 194 Å². The fraction of sp³-hybridized carbons (Fsp3) is 0.304. The highest BCUT2D eigenvalue weighted by Crippen LogP contribution is 2.37. The van der Waals surface area contributed by atoms with Crippen LogP contribution in [0.3, 0.4) is 0 Å². The molecular weight excluding hydrogens is 446 g/mol. The van der Waals surface area contributed by atoms with Crippen molar-refractivity contribution in [3.05, 3.63) is 41.5 Å². The zero-order chi connectivity index (χ0) is 23.5. The van der Waals surface area contributed by atoms with Gasteiger partial charge in [0.1, 0.15) is 0 Å². The maximum absolute atomic E-state index is 12.7. The van der Waals surface area contributed by atoms with Gasteiger partial charge in [0.25, 0.3) is 0 Å². The summed E-state index contributed by atoms with van der Waals surface area (Å²) in [7, 11) is 0. The molecule has 9 nitrogen and oxygen atoms in total. The fourth-order valence-electron chi connectivity index (χ4n) is 3.52. The van der Waals surface area contributed by atoms with Crippen LogP contribution in [-0.4, -0.2) is 46.4 Å². The van der Waals surface area contributed by atoms with Crippen LogP contribution >= 0.6 is 11.8 Å². The summed E-state index contributed by atoms with van der Waals surface area (Å²) in [6, 6.07) is 8.40. The second-order valence-electron chi connectivity index (χ2n) is 7.21. The van der Waals surface area contributed by atoms with Gasteiger partial charge in [-0.1, -0.05) is 11.8 Å². The Balaban J connectivity index is 1.51. The van der Waals surface area contributed by atoms with Crippen LogP contribution in [0.25, 0.3) is 11.0 Å². The first-order chi connectivity index (χ1) is 15.9. The molecule has 0 fully saturated rings. The van der Waals surface area contributed by atoms with Crippen molar-refractivity contribution in [2.45, 2.75) is 32.5 Å². The second kappa shape index (κ2) is 9.53. The van der Waals surface area contributed by atoms with Crippen molar-refractivity contribution in [3.63, 3.8) is 0 Å². The van der Waals surface area contributed by atoms with E-state index in [0.29, 0.717) is 52.1 Å². The molecule has 1 N–H and O–H groups in total. The van der Waals surface area contributed by atoms with Gasteiger partial charge < -0.3 is 24.1 Å². The van der Waals surface area contributed by atoms with E-state index in [1.165, 1.54) is 18.7 Å². The Morgan fingerprint density at radius 1 is 1.15 bits per heavy atom. The molecule has 1 aliphatic heterocycles. The number of Topliss-reactive ketones (excluding diaryl/α,β-unsaturated/α-hetero) is 1. The Morgan fingerprint density at radius 2 is 1.91 bits per heavy atom. The quantitative estimate of drug-likeness (QED) is 0.301. The third-order valence-corrected chi connectivity index (χ3v) is 6.02. The maximum Gasteiger partial charge on any atom is 0.338 e. The van der Waals surface area contributed by atoms with Crippen molar-refractivity contribution < 1.29 is 28.6 Å². The zero-order valence-corrected chi connectivity index (χ0v) is 19.3. The fourth-order valence-corrected chi connectivity index (χ4v) is 4.40. The number of anilines is 1. The first kappa shape index (κ1) is 22.7. The Morgan fingerprint density at radius 3 is 2.61 bits per heavy atom. The Bertz CT molecular complexity index is 1250. The van der Waals surface area contributed by atoms with Gasteiger partial charge in [0.15, 0.2) is 22.4 Å². The minimum atomic E-state index is -0.399. The molecule has 0 saturated heterocycles. The van der Waals surface area contributed by atoms with Gasteiger partial charge in [-0.3, -0.25) is 9.59 Å². The lowest BCUT2D eigenvalue weighted by atomic mass is 10.1. The number of aryl methyl sites for hydroxylation is 1. The van der Waals surface area contributed by atoms with Crippen molar-refractivity contribution in [3.8, 4) is 11.5 Å². The molecule has 1 aromatic heterocycles. The van der Waals surface area contributed by atoms with Gasteiger partial charge in [-0.05, 0) is 45.0 Å². The molecule has 2 aromatic carbocycles. The zero-order valence-electron chi connectivity index (χ0n) is 18.5. The molecule has 3 aromatic rings. The van der Waals surface area contributed by atoms with Crippen molar-refractivity contribution in [1.82, 2.24) is 9.55 Å². The average molecular weight is 470 g/mol. The van der Waals surface area contributed by atoms with Crippen LogP contribution in [-0.2, 0) is 16.1 Å². The molecule has 0 atom stereocenters. The van der Waals surface area contributed by atoms with Crippen LogP contribution in [0, 0.1) is 0 Å². The van der Waals surface area contributed by atoms with Gasteiger partial charge in [0, 0.05) is 18.2 Å². The van der Waals surface area contributed by atoms with E-state index in [4.69, 9.17) is 14.2 Å². The summed E-state index contributed by atoms with van der Waals surface area (Å²) in [6.07, 6.45) is 0. The van der Waals surface area contributed by atoms with Crippen molar-refractivity contribution in [2.24, 2.45) is 0 Å². The first-order valence-electron chi connectivity index (χ1n) is 10.5. The molecule has 0 spiro atoms. The highest BCUT2D eigenvalue weighted by molar-refractivity contribution is 7.99. The predicted octanol–water partition coefficient (Wildman–Crippen LogP) is 3.90. The van der Waals surface area contributed by atoms with Crippen LogP contribution in [0.1, 0.15) is 41.5 Å². The molecule has 0 unspecified atom stereocenters. The maximum atomic E-state index is 12.7. The van der Waals surface area contributed by atoms with E-state index in [9.17, 15) is 14.4 Å². The SMILES string of the molecule is CCOC(=O)c1ccc2c(c1)nc(SCC(=O)Nc1cc3c(cc1C(C)=O)OCO3)n2CC. The van der Waals surface area contributed by atoms with Crippen LogP contribution in [0.4, 0.5) is 5.69 Å². The number of ether oxygens (including phenoxy) is 3. The molecule has 0 radical (unpaired) electrons. The van der Waals surface area contributed by atoms with E-state index >= 15 is 0 Å². The Kier molecular flexibility index (Phi) is 6.55. The summed E-state index contributed by atoms with van der Waals surface area (Å²) in [5, 5.41) is 3.44. The van der Waals surface area contributed by atoms with E-state index < -0.39 is 5.97 Å². The smallest absolute Gasteiger partial charge is 0.338 e. The number of aromatic nitrogens is 2. The number of hydrogen-bond acceptors (Lipinski definition) is 8. The predicted molar refractivity (Wildman–Crippen MR) is 123 cm³/mol. The number of carbonyl (C=O) groups excluding carboxylic acids is 3. The van der Waals surface area contributed by atoms with E-state index in [0.717, 1.165) is 5.52 Å². The number of hydrogen-bond donors (Lipinski definition) is 1. The number of ketones is 1. The minimum Gasteiger partial charge on any atom is -0.462 e. The molecule has 0 bridgehead atoms. The summed E-state index contributed by atoms with van der Waals surface area (Å²) < 4.78 is 17.7. The van der Waals surface area contributed by atoms with Crippen LogP contribution in [0.5, 0.6) is 11.5 Å². The van der Waals surface area contributed by atoms with Gasteiger partial charge in [-0.2, -0.15) is 0 Å². The number of imidazole rings is 1. The van der Waals surface area contributed by atoms with E-state index in [2.05, 4.69) is 10.3 Å². The summed E-state index contributed by atoms with van der Waals surface area (Å²) >= 11 is 1.27. The van der Waals surface area contributed by atoms with Gasteiger partial charge in [0.2, 0.25) is 12.7 Å². The molecule has 0 saturated carbocycles. The normalized spacial score (nSPS) is 12.1. The van der Waals surface area contributed by atoms with Gasteiger partial charge in [0.05, 0.1) is 34.6 Å². The van der Waals surface area contributed by atoms with Crippen LogP contribution < -0.4 is 14.8 Å². The number of rotatable bonds is 8. The van der Waals surface area contributed by atoms with Crippen LogP contribution in [0.2, 0.25) is 0 Å². The second-order valence-corrected chi connectivity index (χ2v) is 8.15. The largest absolute Gasteiger partial charge is 0.462 e. The lowest BCUT2D eigenvalue weighted by molar-refractivity contribution is -0.113. The molecular formula is C23H23N3O6S. The number of amides is 1. The average Bonchev–Trinajstić information content (AvgIpc) is 3.39. The summed E-state index contributed by atoms with van der Waals surface area (Å²) in [5.41, 5.74) is 2.67. The molecule has 172 valence electrons. The van der Waals surface area contributed by atoms with Gasteiger partial charge in [-0.25, -0.2) is 9.78 Å². The third-order valence-electron chi connectivity index (χ3n) is 5.04. The molecule has 1 aliphatic rings. The highest BCUT2D eigenvalue weighted by Gasteiger charge is 2.21. The summed E-state index contributed by atoms with van der Waals surface area (Å²) in [5.74, 6) is 0.160. The van der Waals surface area contributed by atoms with E-state index in [1.54, 1.807) is 31.2 Å². The summed E-state index contributed by atoms with van der Waals surface area (Å²) in [6.45, 7) is 6.18. The first-order valence-corrected chi connectivity index (χ1v) is 11.4. The van der Waals surface area contributed by atoms with Crippen LogP contribution in [0.15, 0.2) is 35.5 Å². The topological polar surface area (TPSA) is 109 Å². The molecule has 1 amide bonds. The monoisotopic (exact) mass is 469 g/mol. The highest BCUT2D eigenvalue weighted by atomic mass is 32.2. The molecule has 33 heavy (non-hydrogen) atoms.